The number of ketones is 1. The molecule has 0 aromatic rings. The third kappa shape index (κ3) is 2.87. The first-order valence-corrected chi connectivity index (χ1v) is 4.99. The molecule has 0 bridgehead atoms. The van der Waals surface area contributed by atoms with Gasteiger partial charge in [-0.15, -0.1) is 0 Å². The molecule has 2 N–H and O–H groups in total. The van der Waals surface area contributed by atoms with Crippen LogP contribution in [0.2, 0.25) is 0 Å². The van der Waals surface area contributed by atoms with Gasteiger partial charge in [0.05, 0.1) is 18.3 Å². The molecule has 0 saturated heterocycles. The van der Waals surface area contributed by atoms with Crippen LogP contribution in [0.3, 0.4) is 0 Å². The van der Waals surface area contributed by atoms with Gasteiger partial charge in [0, 0.05) is 25.5 Å². The van der Waals surface area contributed by atoms with Crippen molar-refractivity contribution in [2.24, 2.45) is 0 Å². The van der Waals surface area contributed by atoms with Crippen LogP contribution in [0.15, 0.2) is 11.1 Å². The van der Waals surface area contributed by atoms with Gasteiger partial charge < -0.3 is 14.9 Å². The van der Waals surface area contributed by atoms with Crippen molar-refractivity contribution in [3.8, 4) is 0 Å². The van der Waals surface area contributed by atoms with Crippen LogP contribution in [0.1, 0.15) is 26.7 Å². The van der Waals surface area contributed by atoms with E-state index < -0.39 is 11.7 Å². The molecule has 1 saturated carbocycles. The second-order valence-corrected chi connectivity index (χ2v) is 4.44. The van der Waals surface area contributed by atoms with Gasteiger partial charge in [0.15, 0.2) is 5.78 Å². The fraction of sp³-hybridized carbons (Fsp3) is 0.727. The first-order chi connectivity index (χ1) is 6.87. The van der Waals surface area contributed by atoms with Crippen LogP contribution in [-0.2, 0) is 9.53 Å². The summed E-state index contributed by atoms with van der Waals surface area (Å²) < 4.78 is 4.92. The molecule has 86 valence electrons. The number of Topliss-reactive ketones (excluding diaryl/α,β-unsaturated/α-hetero) is 1. The van der Waals surface area contributed by atoms with E-state index >= 15 is 0 Å². The number of aliphatic hydroxyl groups is 2. The van der Waals surface area contributed by atoms with Gasteiger partial charge >= 0.3 is 0 Å². The Hall–Kier alpha value is -0.710. The summed E-state index contributed by atoms with van der Waals surface area (Å²) in [5.74, 6) is -0.187. The van der Waals surface area contributed by atoms with Crippen molar-refractivity contribution in [1.82, 2.24) is 0 Å². The summed E-state index contributed by atoms with van der Waals surface area (Å²) >= 11 is 0. The lowest BCUT2D eigenvalue weighted by atomic mass is 9.79. The quantitative estimate of drug-likeness (QED) is 0.654. The van der Waals surface area contributed by atoms with Gasteiger partial charge in [-0.2, -0.15) is 0 Å². The first kappa shape index (κ1) is 12.4. The molecule has 0 aromatic heterocycles. The van der Waals surface area contributed by atoms with Gasteiger partial charge in [0.25, 0.3) is 0 Å². The highest BCUT2D eigenvalue weighted by atomic mass is 16.5. The Labute approximate surface area is 89.6 Å². The van der Waals surface area contributed by atoms with Crippen molar-refractivity contribution in [3.05, 3.63) is 11.1 Å². The number of rotatable bonds is 2. The Morgan fingerprint density at radius 2 is 2.27 bits per heavy atom. The monoisotopic (exact) mass is 214 g/mol. The van der Waals surface area contributed by atoms with E-state index in [1.165, 1.54) is 0 Å². The summed E-state index contributed by atoms with van der Waals surface area (Å²) in [4.78, 5) is 11.7. The van der Waals surface area contributed by atoms with E-state index in [9.17, 15) is 15.0 Å². The molecule has 1 rings (SSSR count). The second kappa shape index (κ2) is 4.43. The van der Waals surface area contributed by atoms with Crippen LogP contribution in [-0.4, -0.2) is 41.4 Å². The van der Waals surface area contributed by atoms with E-state index in [1.807, 2.05) is 0 Å². The average molecular weight is 214 g/mol. The molecule has 2 unspecified atom stereocenters. The summed E-state index contributed by atoms with van der Waals surface area (Å²) in [6.07, 6.45) is -0.605. The largest absolute Gasteiger partial charge is 0.390 e. The van der Waals surface area contributed by atoms with Gasteiger partial charge in [-0.05, 0) is 19.4 Å². The standard InChI is InChI=1S/C11H18O4/c1-7(6-15-3)10-8(12)4-11(2,14)5-9(10)13/h8,12,14H,4-6H2,1-3H3/b10-7+. The minimum Gasteiger partial charge on any atom is -0.390 e. The Morgan fingerprint density at radius 3 is 2.73 bits per heavy atom. The van der Waals surface area contributed by atoms with E-state index in [0.29, 0.717) is 12.2 Å². The number of aliphatic hydroxyl groups excluding tert-OH is 1. The summed E-state index contributed by atoms with van der Waals surface area (Å²) in [5, 5.41) is 19.5. The first-order valence-electron chi connectivity index (χ1n) is 4.99. The van der Waals surface area contributed by atoms with Gasteiger partial charge in [-0.3, -0.25) is 4.79 Å². The highest BCUT2D eigenvalue weighted by molar-refractivity contribution is 5.98. The van der Waals surface area contributed by atoms with E-state index in [4.69, 9.17) is 4.74 Å². The van der Waals surface area contributed by atoms with Crippen LogP contribution < -0.4 is 0 Å². The molecule has 4 nitrogen and oxygen atoms in total. The zero-order valence-electron chi connectivity index (χ0n) is 9.41. The number of hydrogen-bond donors (Lipinski definition) is 2. The molecule has 1 aliphatic rings. The highest BCUT2D eigenvalue weighted by Gasteiger charge is 2.38. The normalized spacial score (nSPS) is 35.5. The lowest BCUT2D eigenvalue weighted by Crippen LogP contribution is -2.41. The Morgan fingerprint density at radius 1 is 1.67 bits per heavy atom. The topological polar surface area (TPSA) is 66.8 Å². The lowest BCUT2D eigenvalue weighted by molar-refractivity contribution is -0.125. The van der Waals surface area contributed by atoms with Gasteiger partial charge in [-0.1, -0.05) is 0 Å². The summed E-state index contributed by atoms with van der Waals surface area (Å²) in [7, 11) is 1.54. The molecular formula is C11H18O4. The molecular weight excluding hydrogens is 196 g/mol. The van der Waals surface area contributed by atoms with Crippen molar-refractivity contribution in [1.29, 1.82) is 0 Å². The number of carbonyl (C=O) groups is 1. The maximum atomic E-state index is 11.7. The molecule has 0 amide bonds. The predicted octanol–water partition coefficient (Wildman–Crippen LogP) is 0.424. The van der Waals surface area contributed by atoms with Crippen molar-refractivity contribution >= 4 is 5.78 Å². The summed E-state index contributed by atoms with van der Waals surface area (Å²) in [6.45, 7) is 3.66. The SMILES string of the molecule is COC/C(C)=C1/C(=O)CC(C)(O)CC1O. The van der Waals surface area contributed by atoms with E-state index in [2.05, 4.69) is 0 Å². The predicted molar refractivity (Wildman–Crippen MR) is 55.4 cm³/mol. The smallest absolute Gasteiger partial charge is 0.164 e. The lowest BCUT2D eigenvalue weighted by Gasteiger charge is -2.33. The van der Waals surface area contributed by atoms with E-state index in [1.54, 1.807) is 21.0 Å². The van der Waals surface area contributed by atoms with Crippen LogP contribution in [0.4, 0.5) is 0 Å². The Balaban J connectivity index is 2.93. The summed E-state index contributed by atoms with van der Waals surface area (Å²) in [5.41, 5.74) is 0.0572. The zero-order chi connectivity index (χ0) is 11.6. The fourth-order valence-corrected chi connectivity index (χ4v) is 2.03. The molecule has 0 radical (unpaired) electrons. The number of ether oxygens (including phenoxy) is 1. The van der Waals surface area contributed by atoms with Crippen LogP contribution in [0.25, 0.3) is 0 Å². The van der Waals surface area contributed by atoms with Crippen molar-refractivity contribution in [2.75, 3.05) is 13.7 Å². The van der Waals surface area contributed by atoms with Crippen LogP contribution >= 0.6 is 0 Å². The average Bonchev–Trinajstić information content (AvgIpc) is 1.99. The number of hydrogen-bond acceptors (Lipinski definition) is 4. The highest BCUT2D eigenvalue weighted by Crippen LogP contribution is 2.30. The molecule has 1 fully saturated rings. The molecule has 4 heteroatoms. The molecule has 0 heterocycles. The van der Waals surface area contributed by atoms with Gasteiger partial charge in [0.1, 0.15) is 0 Å². The molecule has 0 aromatic carbocycles. The van der Waals surface area contributed by atoms with E-state index in [0.717, 1.165) is 5.57 Å². The minimum atomic E-state index is -1.09. The van der Waals surface area contributed by atoms with Gasteiger partial charge in [-0.25, -0.2) is 0 Å². The molecule has 1 aliphatic carbocycles. The van der Waals surface area contributed by atoms with Crippen LogP contribution in [0.5, 0.6) is 0 Å². The minimum absolute atomic E-state index is 0.0699. The molecule has 0 aliphatic heterocycles. The van der Waals surface area contributed by atoms with Crippen molar-refractivity contribution in [2.45, 2.75) is 38.4 Å². The van der Waals surface area contributed by atoms with Crippen molar-refractivity contribution in [3.63, 3.8) is 0 Å². The molecule has 15 heavy (non-hydrogen) atoms. The number of methoxy groups -OCH3 is 1. The summed E-state index contributed by atoms with van der Waals surface area (Å²) in [6, 6.07) is 0. The Bertz CT molecular complexity index is 291. The number of carbonyl (C=O) groups excluding carboxylic acids is 1. The van der Waals surface area contributed by atoms with Gasteiger partial charge in [0.2, 0.25) is 0 Å². The van der Waals surface area contributed by atoms with Crippen molar-refractivity contribution < 1.29 is 19.7 Å². The molecule has 0 spiro atoms. The second-order valence-electron chi connectivity index (χ2n) is 4.44. The third-order valence-corrected chi connectivity index (χ3v) is 2.63. The fourth-order valence-electron chi connectivity index (χ4n) is 2.03. The Kier molecular flexibility index (Phi) is 3.65. The maximum absolute atomic E-state index is 11.7. The molecule has 2 atom stereocenters. The zero-order valence-corrected chi connectivity index (χ0v) is 9.41. The van der Waals surface area contributed by atoms with Crippen LogP contribution in [0, 0.1) is 0 Å². The third-order valence-electron chi connectivity index (χ3n) is 2.63. The van der Waals surface area contributed by atoms with E-state index in [-0.39, 0.29) is 18.6 Å². The maximum Gasteiger partial charge on any atom is 0.164 e.